The first kappa shape index (κ1) is 11.4. The SMILES string of the molecule is Cc1ccccc1-c1cnn([C@@H](C)C(=O)O)c1. The van der Waals surface area contributed by atoms with Crippen molar-refractivity contribution < 1.29 is 9.90 Å². The monoisotopic (exact) mass is 230 g/mol. The van der Waals surface area contributed by atoms with Crippen LogP contribution in [0.1, 0.15) is 18.5 Å². The lowest BCUT2D eigenvalue weighted by molar-refractivity contribution is -0.140. The molecule has 1 N–H and O–H groups in total. The Kier molecular flexibility index (Phi) is 2.95. The largest absolute Gasteiger partial charge is 0.480 e. The van der Waals surface area contributed by atoms with Crippen molar-refractivity contribution in [2.75, 3.05) is 0 Å². The minimum absolute atomic E-state index is 0.646. The summed E-state index contributed by atoms with van der Waals surface area (Å²) in [5.74, 6) is -0.885. The van der Waals surface area contributed by atoms with E-state index in [1.807, 2.05) is 31.2 Å². The van der Waals surface area contributed by atoms with Gasteiger partial charge in [0.15, 0.2) is 0 Å². The van der Waals surface area contributed by atoms with E-state index < -0.39 is 12.0 Å². The fraction of sp³-hybridized carbons (Fsp3) is 0.231. The van der Waals surface area contributed by atoms with Gasteiger partial charge in [-0.15, -0.1) is 0 Å². The lowest BCUT2D eigenvalue weighted by Crippen LogP contribution is -2.15. The highest BCUT2D eigenvalue weighted by atomic mass is 16.4. The Bertz CT molecular complexity index is 546. The molecule has 17 heavy (non-hydrogen) atoms. The van der Waals surface area contributed by atoms with Crippen LogP contribution in [0.2, 0.25) is 0 Å². The molecule has 0 saturated carbocycles. The van der Waals surface area contributed by atoms with Crippen LogP contribution in [0.25, 0.3) is 11.1 Å². The van der Waals surface area contributed by atoms with E-state index in [4.69, 9.17) is 5.11 Å². The standard InChI is InChI=1S/C13H14N2O2/c1-9-5-3-4-6-12(9)11-7-14-15(8-11)10(2)13(16)17/h3-8,10H,1-2H3,(H,16,17)/t10-/m0/s1. The number of hydrogen-bond acceptors (Lipinski definition) is 2. The first-order chi connectivity index (χ1) is 8.09. The maximum atomic E-state index is 10.9. The average molecular weight is 230 g/mol. The second-order valence-electron chi connectivity index (χ2n) is 4.04. The summed E-state index contributed by atoms with van der Waals surface area (Å²) in [5, 5.41) is 13.0. The molecule has 0 spiro atoms. The van der Waals surface area contributed by atoms with E-state index in [9.17, 15) is 4.79 Å². The van der Waals surface area contributed by atoms with Crippen LogP contribution in [0.4, 0.5) is 0 Å². The molecule has 0 fully saturated rings. The number of hydrogen-bond donors (Lipinski definition) is 1. The van der Waals surface area contributed by atoms with Gasteiger partial charge >= 0.3 is 5.97 Å². The molecule has 1 atom stereocenters. The third-order valence-corrected chi connectivity index (χ3v) is 2.81. The number of aromatic nitrogens is 2. The fourth-order valence-electron chi connectivity index (χ4n) is 1.70. The first-order valence-electron chi connectivity index (χ1n) is 5.42. The van der Waals surface area contributed by atoms with Crippen molar-refractivity contribution in [3.05, 3.63) is 42.2 Å². The van der Waals surface area contributed by atoms with Crippen molar-refractivity contribution in [2.45, 2.75) is 19.9 Å². The van der Waals surface area contributed by atoms with Crippen molar-refractivity contribution in [1.82, 2.24) is 9.78 Å². The molecule has 0 amide bonds. The quantitative estimate of drug-likeness (QED) is 0.881. The molecule has 0 aliphatic rings. The van der Waals surface area contributed by atoms with Crippen molar-refractivity contribution in [1.29, 1.82) is 0 Å². The predicted octanol–water partition coefficient (Wildman–Crippen LogP) is 2.50. The summed E-state index contributed by atoms with van der Waals surface area (Å²) >= 11 is 0. The third-order valence-electron chi connectivity index (χ3n) is 2.81. The molecule has 1 aromatic carbocycles. The summed E-state index contributed by atoms with van der Waals surface area (Å²) in [5.41, 5.74) is 3.17. The van der Waals surface area contributed by atoms with Crippen molar-refractivity contribution in [2.24, 2.45) is 0 Å². The topological polar surface area (TPSA) is 55.1 Å². The first-order valence-corrected chi connectivity index (χ1v) is 5.42. The summed E-state index contributed by atoms with van der Waals surface area (Å²) < 4.78 is 1.46. The van der Waals surface area contributed by atoms with Crippen LogP contribution in [0.3, 0.4) is 0 Å². The zero-order valence-electron chi connectivity index (χ0n) is 9.79. The Hall–Kier alpha value is -2.10. The van der Waals surface area contributed by atoms with Crippen LogP contribution in [-0.2, 0) is 4.79 Å². The van der Waals surface area contributed by atoms with Crippen LogP contribution in [0, 0.1) is 6.92 Å². The number of rotatable bonds is 3. The Morgan fingerprint density at radius 1 is 1.41 bits per heavy atom. The van der Waals surface area contributed by atoms with E-state index in [0.29, 0.717) is 0 Å². The average Bonchev–Trinajstić information content (AvgIpc) is 2.77. The lowest BCUT2D eigenvalue weighted by atomic mass is 10.0. The van der Waals surface area contributed by atoms with Crippen molar-refractivity contribution in [3.63, 3.8) is 0 Å². The third kappa shape index (κ3) is 2.20. The molecule has 0 radical (unpaired) electrons. The highest BCUT2D eigenvalue weighted by Gasteiger charge is 2.14. The molecule has 0 bridgehead atoms. The van der Waals surface area contributed by atoms with E-state index in [0.717, 1.165) is 16.7 Å². The van der Waals surface area contributed by atoms with Crippen molar-refractivity contribution >= 4 is 5.97 Å². The summed E-state index contributed by atoms with van der Waals surface area (Å²) in [6.45, 7) is 3.63. The van der Waals surface area contributed by atoms with E-state index in [-0.39, 0.29) is 0 Å². The minimum atomic E-state index is -0.885. The van der Waals surface area contributed by atoms with Gasteiger partial charge < -0.3 is 5.11 Å². The number of nitrogens with zero attached hydrogens (tertiary/aromatic N) is 2. The molecule has 0 saturated heterocycles. The second-order valence-corrected chi connectivity index (χ2v) is 4.04. The van der Waals surface area contributed by atoms with Gasteiger partial charge in [0.1, 0.15) is 6.04 Å². The Morgan fingerprint density at radius 2 is 2.12 bits per heavy atom. The summed E-state index contributed by atoms with van der Waals surface area (Å²) in [4.78, 5) is 10.9. The molecule has 2 aromatic rings. The number of carboxylic acids is 1. The van der Waals surface area contributed by atoms with Gasteiger partial charge in [-0.1, -0.05) is 24.3 Å². The Morgan fingerprint density at radius 3 is 2.76 bits per heavy atom. The maximum absolute atomic E-state index is 10.9. The molecule has 1 aromatic heterocycles. The van der Waals surface area contributed by atoms with Crippen LogP contribution in [0.5, 0.6) is 0 Å². The van der Waals surface area contributed by atoms with Crippen LogP contribution >= 0.6 is 0 Å². The Balaban J connectivity index is 2.37. The van der Waals surface area contributed by atoms with Crippen LogP contribution in [0.15, 0.2) is 36.7 Å². The normalized spacial score (nSPS) is 12.4. The molecular weight excluding hydrogens is 216 g/mol. The highest BCUT2D eigenvalue weighted by molar-refractivity contribution is 5.72. The van der Waals surface area contributed by atoms with Crippen molar-refractivity contribution in [3.8, 4) is 11.1 Å². The number of aliphatic carboxylic acids is 1. The molecule has 0 unspecified atom stereocenters. The number of carboxylic acid groups (broad SMARTS) is 1. The van der Waals surface area contributed by atoms with Crippen LogP contribution in [-0.4, -0.2) is 20.9 Å². The van der Waals surface area contributed by atoms with Gasteiger partial charge in [-0.2, -0.15) is 5.10 Å². The van der Waals surface area contributed by atoms with Gasteiger partial charge in [-0.25, -0.2) is 4.79 Å². The molecule has 0 aliphatic heterocycles. The summed E-state index contributed by atoms with van der Waals surface area (Å²) in [6.07, 6.45) is 3.46. The number of benzene rings is 1. The molecule has 2 rings (SSSR count). The van der Waals surface area contributed by atoms with Crippen LogP contribution < -0.4 is 0 Å². The highest BCUT2D eigenvalue weighted by Crippen LogP contribution is 2.23. The van der Waals surface area contributed by atoms with E-state index in [1.165, 1.54) is 4.68 Å². The van der Waals surface area contributed by atoms with Gasteiger partial charge in [0, 0.05) is 11.8 Å². The summed E-state index contributed by atoms with van der Waals surface area (Å²) in [6, 6.07) is 7.31. The molecule has 4 nitrogen and oxygen atoms in total. The van der Waals surface area contributed by atoms with Gasteiger partial charge in [0.05, 0.1) is 6.20 Å². The smallest absolute Gasteiger partial charge is 0.328 e. The predicted molar refractivity (Wildman–Crippen MR) is 64.7 cm³/mol. The zero-order chi connectivity index (χ0) is 12.4. The fourth-order valence-corrected chi connectivity index (χ4v) is 1.70. The zero-order valence-corrected chi connectivity index (χ0v) is 9.79. The molecule has 0 aliphatic carbocycles. The van der Waals surface area contributed by atoms with Gasteiger partial charge in [-0.3, -0.25) is 4.68 Å². The lowest BCUT2D eigenvalue weighted by Gasteiger charge is -2.05. The van der Waals surface area contributed by atoms with E-state index in [1.54, 1.807) is 19.3 Å². The molecular formula is C13H14N2O2. The Labute approximate surface area is 99.5 Å². The van der Waals surface area contributed by atoms with Gasteiger partial charge in [-0.05, 0) is 25.0 Å². The van der Waals surface area contributed by atoms with Gasteiger partial charge in [0.2, 0.25) is 0 Å². The summed E-state index contributed by atoms with van der Waals surface area (Å²) in [7, 11) is 0. The maximum Gasteiger partial charge on any atom is 0.328 e. The van der Waals surface area contributed by atoms with Gasteiger partial charge in [0.25, 0.3) is 0 Å². The molecule has 4 heteroatoms. The number of aryl methyl sites for hydroxylation is 1. The molecule has 88 valence electrons. The minimum Gasteiger partial charge on any atom is -0.480 e. The number of carbonyl (C=O) groups is 1. The van der Waals surface area contributed by atoms with E-state index in [2.05, 4.69) is 5.10 Å². The second kappa shape index (κ2) is 4.41. The van der Waals surface area contributed by atoms with E-state index >= 15 is 0 Å². The molecule has 1 heterocycles.